The zero-order valence-corrected chi connectivity index (χ0v) is 22.8. The summed E-state index contributed by atoms with van der Waals surface area (Å²) >= 11 is 0. The van der Waals surface area contributed by atoms with Crippen molar-refractivity contribution in [3.63, 3.8) is 0 Å². The number of alkyl halides is 3. The van der Waals surface area contributed by atoms with Gasteiger partial charge in [-0.15, -0.1) is 0 Å². The number of morpholine rings is 1. The van der Waals surface area contributed by atoms with Crippen LogP contribution < -0.4 is 14.9 Å². The molecule has 3 heterocycles. The van der Waals surface area contributed by atoms with E-state index in [1.54, 1.807) is 41.3 Å². The maximum atomic E-state index is 13.8. The zero-order valence-electron chi connectivity index (χ0n) is 21.9. The minimum Gasteiger partial charge on any atom is -0.377 e. The Bertz CT molecular complexity index is 1490. The first-order valence-corrected chi connectivity index (χ1v) is 14.0. The molecular weight excluding hydrogens is 551 g/mol. The Morgan fingerprint density at radius 1 is 1.23 bits per heavy atom. The molecular formula is C25H28F3N7O4S. The maximum absolute atomic E-state index is 13.8. The lowest BCUT2D eigenvalue weighted by Gasteiger charge is -2.33. The van der Waals surface area contributed by atoms with Crippen LogP contribution in [0.1, 0.15) is 28.4 Å². The van der Waals surface area contributed by atoms with Crippen molar-refractivity contribution in [3.05, 3.63) is 65.5 Å². The van der Waals surface area contributed by atoms with Crippen LogP contribution >= 0.6 is 0 Å². The highest BCUT2D eigenvalue weighted by molar-refractivity contribution is 7.92. The molecule has 0 radical (unpaired) electrons. The average Bonchev–Trinajstić information content (AvgIpc) is 2.90. The van der Waals surface area contributed by atoms with Gasteiger partial charge in [0.25, 0.3) is 5.91 Å². The number of nitrogens with zero attached hydrogens (tertiary/aromatic N) is 5. The number of hydrogen-bond acceptors (Lipinski definition) is 9. The Hall–Kier alpha value is -3.98. The highest BCUT2D eigenvalue weighted by Gasteiger charge is 2.35. The molecule has 1 atom stereocenters. The molecule has 4 rings (SSSR count). The van der Waals surface area contributed by atoms with Gasteiger partial charge in [0.2, 0.25) is 16.0 Å². The molecule has 1 saturated heterocycles. The summed E-state index contributed by atoms with van der Waals surface area (Å²) < 4.78 is 71.6. The summed E-state index contributed by atoms with van der Waals surface area (Å²) in [5, 5.41) is 5.50. The minimum absolute atomic E-state index is 0.0644. The number of amides is 1. The monoisotopic (exact) mass is 579 g/mol. The van der Waals surface area contributed by atoms with Crippen molar-refractivity contribution in [2.75, 3.05) is 48.0 Å². The second-order valence-corrected chi connectivity index (χ2v) is 11.2. The quantitative estimate of drug-likeness (QED) is 0.412. The van der Waals surface area contributed by atoms with Gasteiger partial charge < -0.3 is 20.3 Å². The van der Waals surface area contributed by atoms with Crippen LogP contribution in [0.5, 0.6) is 0 Å². The standard InChI is InChI=1S/C25H28F3N7O4S/c1-16-15-39-11-10-35(16)23(36)17-6-4-8-19(12-17)32-24-31-14-20(25(26,27)28)21(33-24)30-13-18-7-5-9-29-22(18)34(2)40(3,37)38/h4-9,12,14,16H,10-11,13,15H2,1-3H3,(H2,30,31,32,33)/t16-/m1/s1. The Labute approximate surface area is 229 Å². The second kappa shape index (κ2) is 11.6. The fraction of sp³-hybridized carbons (Fsp3) is 0.360. The minimum atomic E-state index is -4.76. The molecule has 214 valence electrons. The topological polar surface area (TPSA) is 130 Å². The molecule has 0 unspecified atom stereocenters. The van der Waals surface area contributed by atoms with E-state index >= 15 is 0 Å². The molecule has 2 N–H and O–H groups in total. The fourth-order valence-electron chi connectivity index (χ4n) is 4.03. The number of rotatable bonds is 8. The number of hydrogen-bond donors (Lipinski definition) is 2. The summed E-state index contributed by atoms with van der Waals surface area (Å²) in [6.45, 7) is 3.01. The molecule has 0 aliphatic carbocycles. The summed E-state index contributed by atoms with van der Waals surface area (Å²) in [6, 6.07) is 9.49. The van der Waals surface area contributed by atoms with Crippen LogP contribution in [0.15, 0.2) is 48.8 Å². The summed E-state index contributed by atoms with van der Waals surface area (Å²) in [4.78, 5) is 26.6. The SMILES string of the molecule is C[C@@H]1COCCN1C(=O)c1cccc(Nc2ncc(C(F)(F)F)c(NCc3cccnc3N(C)S(C)(=O)=O)n2)c1. The number of pyridine rings is 1. The zero-order chi connectivity index (χ0) is 29.1. The van der Waals surface area contributed by atoms with E-state index in [0.717, 1.165) is 10.6 Å². The summed E-state index contributed by atoms with van der Waals surface area (Å²) in [5.74, 6) is -0.785. The predicted octanol–water partition coefficient (Wildman–Crippen LogP) is 3.50. The molecule has 15 heteroatoms. The van der Waals surface area contributed by atoms with Crippen molar-refractivity contribution >= 4 is 39.2 Å². The molecule has 0 bridgehead atoms. The van der Waals surface area contributed by atoms with Gasteiger partial charge in [0.15, 0.2) is 0 Å². The molecule has 1 aromatic carbocycles. The predicted molar refractivity (Wildman–Crippen MR) is 143 cm³/mol. The average molecular weight is 580 g/mol. The van der Waals surface area contributed by atoms with E-state index in [-0.39, 0.29) is 30.3 Å². The smallest absolute Gasteiger partial charge is 0.377 e. The molecule has 11 nitrogen and oxygen atoms in total. The number of ether oxygens (including phenoxy) is 1. The highest BCUT2D eigenvalue weighted by atomic mass is 32.2. The number of anilines is 4. The Kier molecular flexibility index (Phi) is 8.44. The van der Waals surface area contributed by atoms with Gasteiger partial charge in [-0.3, -0.25) is 9.10 Å². The fourth-order valence-corrected chi connectivity index (χ4v) is 4.50. The highest BCUT2D eigenvalue weighted by Crippen LogP contribution is 2.34. The molecule has 2 aromatic heterocycles. The van der Waals surface area contributed by atoms with Crippen molar-refractivity contribution in [2.24, 2.45) is 0 Å². The van der Waals surface area contributed by atoms with E-state index in [1.807, 2.05) is 6.92 Å². The van der Waals surface area contributed by atoms with E-state index < -0.39 is 27.6 Å². The van der Waals surface area contributed by atoms with E-state index in [0.29, 0.717) is 42.8 Å². The molecule has 40 heavy (non-hydrogen) atoms. The Morgan fingerprint density at radius 2 is 2.00 bits per heavy atom. The van der Waals surface area contributed by atoms with E-state index in [4.69, 9.17) is 4.74 Å². The van der Waals surface area contributed by atoms with Gasteiger partial charge in [-0.25, -0.2) is 18.4 Å². The van der Waals surface area contributed by atoms with Gasteiger partial charge in [-0.05, 0) is 31.2 Å². The first kappa shape index (κ1) is 29.0. The molecule has 1 amide bonds. The number of carbonyl (C=O) groups excluding carboxylic acids is 1. The number of halogens is 3. The third-order valence-corrected chi connectivity index (χ3v) is 7.37. The molecule has 1 fully saturated rings. The molecule has 0 spiro atoms. The van der Waals surface area contributed by atoms with Crippen LogP contribution in [0.4, 0.5) is 36.4 Å². The van der Waals surface area contributed by atoms with Crippen molar-refractivity contribution in [1.82, 2.24) is 19.9 Å². The maximum Gasteiger partial charge on any atom is 0.421 e. The summed E-state index contributed by atoms with van der Waals surface area (Å²) in [5.41, 5.74) is 0.0234. The lowest BCUT2D eigenvalue weighted by Crippen LogP contribution is -2.47. The van der Waals surface area contributed by atoms with Crippen molar-refractivity contribution < 1.29 is 31.1 Å². The molecule has 3 aromatic rings. The van der Waals surface area contributed by atoms with Crippen molar-refractivity contribution in [3.8, 4) is 0 Å². The second-order valence-electron chi connectivity index (χ2n) is 9.15. The largest absolute Gasteiger partial charge is 0.421 e. The Morgan fingerprint density at radius 3 is 2.70 bits per heavy atom. The van der Waals surface area contributed by atoms with Crippen molar-refractivity contribution in [2.45, 2.75) is 25.7 Å². The third-order valence-electron chi connectivity index (χ3n) is 6.20. The molecule has 1 aliphatic heterocycles. The van der Waals surface area contributed by atoms with Crippen LogP contribution in [0, 0.1) is 0 Å². The van der Waals surface area contributed by atoms with Crippen LogP contribution in [-0.4, -0.2) is 73.3 Å². The van der Waals surface area contributed by atoms with Gasteiger partial charge in [-0.1, -0.05) is 12.1 Å². The van der Waals surface area contributed by atoms with E-state index in [2.05, 4.69) is 25.6 Å². The lowest BCUT2D eigenvalue weighted by atomic mass is 10.1. The third kappa shape index (κ3) is 6.77. The van der Waals surface area contributed by atoms with Gasteiger partial charge >= 0.3 is 6.18 Å². The normalized spacial score (nSPS) is 15.9. The molecule has 1 aliphatic rings. The van der Waals surface area contributed by atoms with Crippen LogP contribution in [-0.2, 0) is 27.5 Å². The Balaban J connectivity index is 1.58. The van der Waals surface area contributed by atoms with E-state index in [9.17, 15) is 26.4 Å². The summed E-state index contributed by atoms with van der Waals surface area (Å²) in [6.07, 6.45) is -1.74. The van der Waals surface area contributed by atoms with Gasteiger partial charge in [0.1, 0.15) is 17.2 Å². The number of aromatic nitrogens is 3. The lowest BCUT2D eigenvalue weighted by molar-refractivity contribution is -0.137. The van der Waals surface area contributed by atoms with Gasteiger partial charge in [0.05, 0.1) is 25.5 Å². The van der Waals surface area contributed by atoms with E-state index in [1.165, 1.54) is 13.2 Å². The first-order valence-electron chi connectivity index (χ1n) is 12.2. The molecule has 0 saturated carbocycles. The summed E-state index contributed by atoms with van der Waals surface area (Å²) in [7, 11) is -2.36. The van der Waals surface area contributed by atoms with Crippen LogP contribution in [0.3, 0.4) is 0 Å². The van der Waals surface area contributed by atoms with Crippen LogP contribution in [0.2, 0.25) is 0 Å². The number of carbonyl (C=O) groups is 1. The van der Waals surface area contributed by atoms with Gasteiger partial charge in [0, 0.05) is 49.3 Å². The van der Waals surface area contributed by atoms with Crippen molar-refractivity contribution in [1.29, 1.82) is 0 Å². The number of sulfonamides is 1. The van der Waals surface area contributed by atoms with Gasteiger partial charge in [-0.2, -0.15) is 18.2 Å². The number of nitrogens with one attached hydrogen (secondary N) is 2. The first-order chi connectivity index (χ1) is 18.8. The number of benzene rings is 1. The van der Waals surface area contributed by atoms with Crippen LogP contribution in [0.25, 0.3) is 0 Å².